The van der Waals surface area contributed by atoms with Gasteiger partial charge in [0, 0.05) is 10.9 Å². The van der Waals surface area contributed by atoms with E-state index in [0.29, 0.717) is 13.0 Å². The minimum absolute atomic E-state index is 0.265. The lowest BCUT2D eigenvalue weighted by molar-refractivity contribution is 0.305. The molecule has 5 heteroatoms. The maximum absolute atomic E-state index is 8.42. The molecule has 0 aliphatic rings. The minimum atomic E-state index is 0.265. The van der Waals surface area contributed by atoms with Crippen LogP contribution in [0.25, 0.3) is 10.8 Å². The number of unbranched alkanes of at least 4 members (excludes halogenated alkanes) is 1. The summed E-state index contributed by atoms with van der Waals surface area (Å²) in [4.78, 5) is 0. The van der Waals surface area contributed by atoms with Gasteiger partial charge in [0.05, 0.1) is 6.61 Å². The highest BCUT2D eigenvalue weighted by atomic mass is 79.9. The zero-order chi connectivity index (χ0) is 14.4. The fourth-order valence-electron chi connectivity index (χ4n) is 1.93. The standard InChI is InChI=1S/C15H17BrN2O2/c16-13-6-4-12-10-14(7-5-11(12)9-13)20-8-2-1-3-15(17)18-19/h4-7,9-10,19H,1-3,8H2,(H2,17,18). The van der Waals surface area contributed by atoms with E-state index >= 15 is 0 Å². The lowest BCUT2D eigenvalue weighted by Crippen LogP contribution is -2.11. The molecule has 3 N–H and O–H groups in total. The molecule has 0 radical (unpaired) electrons. The summed E-state index contributed by atoms with van der Waals surface area (Å²) in [5.74, 6) is 1.13. The minimum Gasteiger partial charge on any atom is -0.494 e. The molecule has 0 atom stereocenters. The topological polar surface area (TPSA) is 67.8 Å². The number of benzene rings is 2. The van der Waals surface area contributed by atoms with E-state index in [0.717, 1.165) is 28.5 Å². The van der Waals surface area contributed by atoms with Crippen LogP contribution >= 0.6 is 15.9 Å². The number of ether oxygens (including phenoxy) is 1. The molecule has 0 saturated carbocycles. The molecular weight excluding hydrogens is 320 g/mol. The molecule has 0 fully saturated rings. The van der Waals surface area contributed by atoms with Crippen LogP contribution in [0.1, 0.15) is 19.3 Å². The van der Waals surface area contributed by atoms with Gasteiger partial charge >= 0.3 is 0 Å². The number of fused-ring (bicyclic) bond motifs is 1. The Bertz CT molecular complexity index is 614. The van der Waals surface area contributed by atoms with Crippen molar-refractivity contribution in [2.24, 2.45) is 10.9 Å². The average Bonchev–Trinajstić information content (AvgIpc) is 2.46. The van der Waals surface area contributed by atoms with Crippen molar-refractivity contribution < 1.29 is 9.94 Å². The predicted octanol–water partition coefficient (Wildman–Crippen LogP) is 3.90. The Hall–Kier alpha value is -1.75. The molecule has 2 rings (SSSR count). The molecule has 2 aromatic rings. The summed E-state index contributed by atoms with van der Waals surface area (Å²) in [5, 5.41) is 13.7. The lowest BCUT2D eigenvalue weighted by atomic mass is 10.1. The number of rotatable bonds is 6. The first-order chi connectivity index (χ1) is 9.69. The fraction of sp³-hybridized carbons (Fsp3) is 0.267. The third-order valence-electron chi connectivity index (χ3n) is 3.00. The van der Waals surface area contributed by atoms with Crippen molar-refractivity contribution in [2.45, 2.75) is 19.3 Å². The molecule has 0 aromatic heterocycles. The summed E-state index contributed by atoms with van der Waals surface area (Å²) in [6.45, 7) is 0.626. The van der Waals surface area contributed by atoms with Crippen LogP contribution in [-0.2, 0) is 0 Å². The molecule has 2 aromatic carbocycles. The molecule has 0 amide bonds. The van der Waals surface area contributed by atoms with Gasteiger partial charge in [0.25, 0.3) is 0 Å². The van der Waals surface area contributed by atoms with Crippen molar-refractivity contribution in [2.75, 3.05) is 6.61 Å². The first-order valence-corrected chi connectivity index (χ1v) is 7.27. The number of hydrogen-bond acceptors (Lipinski definition) is 3. The molecule has 0 aliphatic heterocycles. The van der Waals surface area contributed by atoms with Crippen LogP contribution in [0, 0.1) is 0 Å². The van der Waals surface area contributed by atoms with Gasteiger partial charge in [0.1, 0.15) is 11.6 Å². The van der Waals surface area contributed by atoms with Crippen molar-refractivity contribution in [1.29, 1.82) is 0 Å². The summed E-state index contributed by atoms with van der Waals surface area (Å²) in [6.07, 6.45) is 2.30. The van der Waals surface area contributed by atoms with Gasteiger partial charge in [-0.3, -0.25) is 0 Å². The number of nitrogens with zero attached hydrogens (tertiary/aromatic N) is 1. The van der Waals surface area contributed by atoms with E-state index in [-0.39, 0.29) is 5.84 Å². The van der Waals surface area contributed by atoms with Crippen molar-refractivity contribution in [1.82, 2.24) is 0 Å². The first-order valence-electron chi connectivity index (χ1n) is 6.47. The number of amidine groups is 1. The highest BCUT2D eigenvalue weighted by molar-refractivity contribution is 9.10. The average molecular weight is 337 g/mol. The van der Waals surface area contributed by atoms with E-state index in [9.17, 15) is 0 Å². The van der Waals surface area contributed by atoms with Crippen LogP contribution in [0.15, 0.2) is 46.0 Å². The molecular formula is C15H17BrN2O2. The Morgan fingerprint density at radius 3 is 2.70 bits per heavy atom. The molecule has 0 bridgehead atoms. The van der Waals surface area contributed by atoms with Crippen LogP contribution in [0.2, 0.25) is 0 Å². The Morgan fingerprint density at radius 1 is 1.15 bits per heavy atom. The van der Waals surface area contributed by atoms with E-state index in [4.69, 9.17) is 15.7 Å². The molecule has 0 saturated heterocycles. The zero-order valence-corrected chi connectivity index (χ0v) is 12.6. The van der Waals surface area contributed by atoms with Crippen molar-refractivity contribution >= 4 is 32.5 Å². The molecule has 20 heavy (non-hydrogen) atoms. The van der Waals surface area contributed by atoms with E-state index < -0.39 is 0 Å². The van der Waals surface area contributed by atoms with E-state index in [2.05, 4.69) is 33.2 Å². The second-order valence-electron chi connectivity index (χ2n) is 4.55. The Kier molecular flexibility index (Phi) is 5.24. The first kappa shape index (κ1) is 14.7. The molecule has 4 nitrogen and oxygen atoms in total. The Labute approximate surface area is 126 Å². The van der Waals surface area contributed by atoms with Gasteiger partial charge in [-0.1, -0.05) is 33.2 Å². The summed E-state index contributed by atoms with van der Waals surface area (Å²) in [5.41, 5.74) is 5.40. The van der Waals surface area contributed by atoms with E-state index in [1.165, 1.54) is 5.39 Å². The number of halogens is 1. The highest BCUT2D eigenvalue weighted by Gasteiger charge is 1.99. The maximum atomic E-state index is 8.42. The van der Waals surface area contributed by atoms with Crippen LogP contribution < -0.4 is 10.5 Å². The number of oxime groups is 1. The quantitative estimate of drug-likeness (QED) is 0.276. The second-order valence-corrected chi connectivity index (χ2v) is 5.47. The Balaban J connectivity index is 1.86. The molecule has 106 valence electrons. The third-order valence-corrected chi connectivity index (χ3v) is 3.49. The normalized spacial score (nSPS) is 11.8. The fourth-order valence-corrected chi connectivity index (χ4v) is 2.31. The summed E-state index contributed by atoms with van der Waals surface area (Å²) >= 11 is 3.46. The summed E-state index contributed by atoms with van der Waals surface area (Å²) in [6, 6.07) is 12.2. The zero-order valence-electron chi connectivity index (χ0n) is 11.1. The van der Waals surface area contributed by atoms with Crippen LogP contribution in [0.5, 0.6) is 5.75 Å². The van der Waals surface area contributed by atoms with Gasteiger partial charge in [-0.2, -0.15) is 0 Å². The van der Waals surface area contributed by atoms with Crippen LogP contribution in [-0.4, -0.2) is 17.6 Å². The monoisotopic (exact) mass is 336 g/mol. The molecule has 0 unspecified atom stereocenters. The largest absolute Gasteiger partial charge is 0.494 e. The van der Waals surface area contributed by atoms with Gasteiger partial charge in [-0.05, 0) is 47.9 Å². The summed E-state index contributed by atoms with van der Waals surface area (Å²) < 4.78 is 6.78. The SMILES string of the molecule is NC(CCCCOc1ccc2cc(Br)ccc2c1)=NO. The summed E-state index contributed by atoms with van der Waals surface area (Å²) in [7, 11) is 0. The van der Waals surface area contributed by atoms with Gasteiger partial charge in [-0.25, -0.2) is 0 Å². The van der Waals surface area contributed by atoms with Gasteiger partial charge < -0.3 is 15.7 Å². The maximum Gasteiger partial charge on any atom is 0.139 e. The smallest absolute Gasteiger partial charge is 0.139 e. The molecule has 0 aliphatic carbocycles. The van der Waals surface area contributed by atoms with Gasteiger partial charge in [0.15, 0.2) is 0 Å². The Morgan fingerprint density at radius 2 is 1.90 bits per heavy atom. The van der Waals surface area contributed by atoms with Gasteiger partial charge in [0.2, 0.25) is 0 Å². The lowest BCUT2D eigenvalue weighted by Gasteiger charge is -2.07. The highest BCUT2D eigenvalue weighted by Crippen LogP contribution is 2.24. The van der Waals surface area contributed by atoms with Crippen molar-refractivity contribution in [3.63, 3.8) is 0 Å². The van der Waals surface area contributed by atoms with Gasteiger partial charge in [-0.15, -0.1) is 0 Å². The van der Waals surface area contributed by atoms with Crippen LogP contribution in [0.4, 0.5) is 0 Å². The van der Waals surface area contributed by atoms with E-state index in [1.807, 2.05) is 24.3 Å². The van der Waals surface area contributed by atoms with Crippen molar-refractivity contribution in [3.8, 4) is 5.75 Å². The number of hydrogen-bond donors (Lipinski definition) is 2. The second kappa shape index (κ2) is 7.14. The third kappa shape index (κ3) is 4.13. The van der Waals surface area contributed by atoms with Crippen LogP contribution in [0.3, 0.4) is 0 Å². The number of nitrogens with two attached hydrogens (primary N) is 1. The van der Waals surface area contributed by atoms with Crippen molar-refractivity contribution in [3.05, 3.63) is 40.9 Å². The predicted molar refractivity (Wildman–Crippen MR) is 84.4 cm³/mol. The molecule has 0 heterocycles. The van der Waals surface area contributed by atoms with E-state index in [1.54, 1.807) is 0 Å². The molecule has 0 spiro atoms.